The van der Waals surface area contributed by atoms with Crippen LogP contribution in [0.4, 0.5) is 0 Å². The molecule has 0 saturated carbocycles. The SMILES string of the molecule is CCCCCCCCCCOC(=O)CCc1cc(C)c(O)c(C(C)(C)C)c1. The summed E-state index contributed by atoms with van der Waals surface area (Å²) in [6.45, 7) is 10.9. The molecule has 0 fully saturated rings. The fraction of sp³-hybridized carbons (Fsp3) is 0.708. The maximum absolute atomic E-state index is 12.0. The molecule has 1 rings (SSSR count). The van der Waals surface area contributed by atoms with Gasteiger partial charge in [-0.2, -0.15) is 0 Å². The van der Waals surface area contributed by atoms with Crippen LogP contribution in [-0.4, -0.2) is 17.7 Å². The first-order valence-electron chi connectivity index (χ1n) is 10.7. The van der Waals surface area contributed by atoms with Gasteiger partial charge in [0.2, 0.25) is 0 Å². The fourth-order valence-corrected chi connectivity index (χ4v) is 3.31. The van der Waals surface area contributed by atoms with Crippen molar-refractivity contribution in [3.8, 4) is 5.75 Å². The Labute approximate surface area is 166 Å². The van der Waals surface area contributed by atoms with Crippen LogP contribution in [0.2, 0.25) is 0 Å². The van der Waals surface area contributed by atoms with Crippen molar-refractivity contribution in [2.75, 3.05) is 6.61 Å². The molecule has 0 radical (unpaired) electrons. The van der Waals surface area contributed by atoms with Gasteiger partial charge in [0.25, 0.3) is 0 Å². The minimum Gasteiger partial charge on any atom is -0.507 e. The molecule has 0 spiro atoms. The quantitative estimate of drug-likeness (QED) is 0.329. The number of unbranched alkanes of at least 4 members (excludes halogenated alkanes) is 7. The van der Waals surface area contributed by atoms with Crippen LogP contribution in [0.3, 0.4) is 0 Å². The molecule has 0 atom stereocenters. The van der Waals surface area contributed by atoms with Gasteiger partial charge in [-0.25, -0.2) is 0 Å². The summed E-state index contributed by atoms with van der Waals surface area (Å²) < 4.78 is 5.37. The van der Waals surface area contributed by atoms with Crippen LogP contribution in [-0.2, 0) is 21.4 Å². The molecule has 0 heterocycles. The Kier molecular flexibility index (Phi) is 10.5. The first kappa shape index (κ1) is 23.5. The minimum atomic E-state index is -0.124. The summed E-state index contributed by atoms with van der Waals surface area (Å²) in [5.74, 6) is 0.240. The third-order valence-electron chi connectivity index (χ3n) is 5.05. The predicted molar refractivity (Wildman–Crippen MR) is 113 cm³/mol. The minimum absolute atomic E-state index is 0.123. The third kappa shape index (κ3) is 9.30. The van der Waals surface area contributed by atoms with Crippen molar-refractivity contribution < 1.29 is 14.6 Å². The first-order valence-corrected chi connectivity index (χ1v) is 10.7. The van der Waals surface area contributed by atoms with E-state index in [1.165, 1.54) is 38.5 Å². The molecule has 0 saturated heterocycles. The van der Waals surface area contributed by atoms with Crippen LogP contribution in [0.15, 0.2) is 12.1 Å². The van der Waals surface area contributed by atoms with E-state index >= 15 is 0 Å². The molecule has 0 aromatic heterocycles. The predicted octanol–water partition coefficient (Wildman–Crippen LogP) is 6.61. The van der Waals surface area contributed by atoms with Gasteiger partial charge in [0.15, 0.2) is 0 Å². The van der Waals surface area contributed by atoms with Crippen molar-refractivity contribution in [3.05, 3.63) is 28.8 Å². The smallest absolute Gasteiger partial charge is 0.306 e. The zero-order chi connectivity index (χ0) is 20.3. The molecule has 0 amide bonds. The van der Waals surface area contributed by atoms with Crippen LogP contribution in [0.5, 0.6) is 5.75 Å². The monoisotopic (exact) mass is 376 g/mol. The molecule has 3 nitrogen and oxygen atoms in total. The summed E-state index contributed by atoms with van der Waals surface area (Å²) >= 11 is 0. The molecule has 0 aliphatic rings. The second-order valence-corrected chi connectivity index (χ2v) is 8.75. The lowest BCUT2D eigenvalue weighted by Gasteiger charge is -2.22. The van der Waals surface area contributed by atoms with Gasteiger partial charge in [-0.1, -0.05) is 84.8 Å². The van der Waals surface area contributed by atoms with Gasteiger partial charge < -0.3 is 9.84 Å². The van der Waals surface area contributed by atoms with Crippen molar-refractivity contribution >= 4 is 5.97 Å². The number of phenols is 1. The van der Waals surface area contributed by atoms with Gasteiger partial charge in [-0.15, -0.1) is 0 Å². The van der Waals surface area contributed by atoms with Crippen LogP contribution in [0.25, 0.3) is 0 Å². The Balaban J connectivity index is 2.28. The summed E-state index contributed by atoms with van der Waals surface area (Å²) in [4.78, 5) is 12.0. The molecule has 27 heavy (non-hydrogen) atoms. The average Bonchev–Trinajstić information content (AvgIpc) is 2.60. The van der Waals surface area contributed by atoms with Gasteiger partial charge in [-0.05, 0) is 41.9 Å². The summed E-state index contributed by atoms with van der Waals surface area (Å²) in [5.41, 5.74) is 2.76. The van der Waals surface area contributed by atoms with Gasteiger partial charge in [0.05, 0.1) is 6.61 Å². The molecule has 1 N–H and O–H groups in total. The van der Waals surface area contributed by atoms with Gasteiger partial charge >= 0.3 is 5.97 Å². The van der Waals surface area contributed by atoms with E-state index in [0.29, 0.717) is 25.2 Å². The fourth-order valence-electron chi connectivity index (χ4n) is 3.31. The molecule has 0 aliphatic carbocycles. The highest BCUT2D eigenvalue weighted by Crippen LogP contribution is 2.34. The maximum Gasteiger partial charge on any atom is 0.306 e. The van der Waals surface area contributed by atoms with Crippen LogP contribution in [0.1, 0.15) is 102 Å². The maximum atomic E-state index is 12.0. The molecule has 1 aromatic rings. The number of ether oxygens (including phenoxy) is 1. The number of carbonyl (C=O) groups excluding carboxylic acids is 1. The van der Waals surface area contributed by atoms with Crippen LogP contribution in [0, 0.1) is 6.92 Å². The largest absolute Gasteiger partial charge is 0.507 e. The van der Waals surface area contributed by atoms with Gasteiger partial charge in [0, 0.05) is 6.42 Å². The molecular weight excluding hydrogens is 336 g/mol. The average molecular weight is 377 g/mol. The zero-order valence-electron chi connectivity index (χ0n) is 18.2. The highest BCUT2D eigenvalue weighted by atomic mass is 16.5. The Morgan fingerprint density at radius 3 is 2.19 bits per heavy atom. The lowest BCUT2D eigenvalue weighted by Crippen LogP contribution is -2.13. The topological polar surface area (TPSA) is 46.5 Å². The Morgan fingerprint density at radius 1 is 1.00 bits per heavy atom. The van der Waals surface area contributed by atoms with Gasteiger partial charge in [-0.3, -0.25) is 4.79 Å². The first-order chi connectivity index (χ1) is 12.8. The molecule has 3 heteroatoms. The number of phenolic OH excluding ortho intramolecular Hbond substituents is 1. The summed E-state index contributed by atoms with van der Waals surface area (Å²) in [6.07, 6.45) is 11.0. The van der Waals surface area contributed by atoms with Crippen LogP contribution >= 0.6 is 0 Å². The summed E-state index contributed by atoms with van der Waals surface area (Å²) in [5, 5.41) is 10.3. The number of carbonyl (C=O) groups is 1. The van der Waals surface area contributed by atoms with E-state index in [4.69, 9.17) is 4.74 Å². The third-order valence-corrected chi connectivity index (χ3v) is 5.05. The number of esters is 1. The number of aromatic hydroxyl groups is 1. The van der Waals surface area contributed by atoms with Crippen molar-refractivity contribution in [2.24, 2.45) is 0 Å². The van der Waals surface area contributed by atoms with E-state index in [2.05, 4.69) is 27.7 Å². The second kappa shape index (κ2) is 12.0. The van der Waals surface area contributed by atoms with E-state index in [1.54, 1.807) is 0 Å². The number of hydrogen-bond donors (Lipinski definition) is 1. The van der Waals surface area contributed by atoms with Crippen molar-refractivity contribution in [1.29, 1.82) is 0 Å². The number of rotatable bonds is 12. The van der Waals surface area contributed by atoms with Crippen molar-refractivity contribution in [1.82, 2.24) is 0 Å². The second-order valence-electron chi connectivity index (χ2n) is 8.75. The molecule has 154 valence electrons. The molecule has 1 aromatic carbocycles. The lowest BCUT2D eigenvalue weighted by molar-refractivity contribution is -0.143. The number of hydrogen-bond acceptors (Lipinski definition) is 3. The number of aryl methyl sites for hydroxylation is 2. The molecule has 0 aliphatic heterocycles. The molecule has 0 unspecified atom stereocenters. The van der Waals surface area contributed by atoms with E-state index < -0.39 is 0 Å². The Morgan fingerprint density at radius 2 is 1.59 bits per heavy atom. The van der Waals surface area contributed by atoms with E-state index in [1.807, 2.05) is 19.1 Å². The van der Waals surface area contributed by atoms with E-state index in [0.717, 1.165) is 29.5 Å². The normalized spacial score (nSPS) is 11.6. The summed E-state index contributed by atoms with van der Waals surface area (Å²) in [7, 11) is 0. The highest BCUT2D eigenvalue weighted by Gasteiger charge is 2.20. The van der Waals surface area contributed by atoms with E-state index in [9.17, 15) is 9.90 Å². The molecule has 0 bridgehead atoms. The van der Waals surface area contributed by atoms with Crippen molar-refractivity contribution in [2.45, 2.75) is 104 Å². The Bertz CT molecular complexity index is 570. The van der Waals surface area contributed by atoms with Gasteiger partial charge in [0.1, 0.15) is 5.75 Å². The standard InChI is InChI=1S/C24H40O3/c1-6-7-8-9-10-11-12-13-16-27-22(25)15-14-20-17-19(2)23(26)21(18-20)24(3,4)5/h17-18,26H,6-16H2,1-5H3. The lowest BCUT2D eigenvalue weighted by atomic mass is 9.83. The van der Waals surface area contributed by atoms with Crippen molar-refractivity contribution in [3.63, 3.8) is 0 Å². The number of benzene rings is 1. The summed E-state index contributed by atoms with van der Waals surface area (Å²) in [6, 6.07) is 3.99. The Hall–Kier alpha value is -1.51. The van der Waals surface area contributed by atoms with E-state index in [-0.39, 0.29) is 11.4 Å². The zero-order valence-corrected chi connectivity index (χ0v) is 18.2. The highest BCUT2D eigenvalue weighted by molar-refractivity contribution is 5.69. The van der Waals surface area contributed by atoms with Crippen LogP contribution < -0.4 is 0 Å². The molecular formula is C24H40O3.